The Morgan fingerprint density at radius 1 is 1.03 bits per heavy atom. The monoisotopic (exact) mass is 453 g/mol. The molecule has 0 atom stereocenters. The van der Waals surface area contributed by atoms with Crippen molar-refractivity contribution in [3.05, 3.63) is 84.2 Å². The first-order chi connectivity index (χ1) is 15.3. The molecule has 164 valence electrons. The summed E-state index contributed by atoms with van der Waals surface area (Å²) in [5.74, 6) is -0.619. The second-order valence-electron chi connectivity index (χ2n) is 6.74. The van der Waals surface area contributed by atoms with E-state index in [0.29, 0.717) is 11.4 Å². The lowest BCUT2D eigenvalue weighted by Gasteiger charge is -2.24. The molecule has 0 aliphatic rings. The van der Waals surface area contributed by atoms with E-state index < -0.39 is 28.3 Å². The molecule has 0 radical (unpaired) electrons. The number of halogens is 1. The molecule has 0 saturated heterocycles. The van der Waals surface area contributed by atoms with Crippen LogP contribution in [0, 0.1) is 17.1 Å². The third-order valence-corrected chi connectivity index (χ3v) is 6.36. The van der Waals surface area contributed by atoms with Crippen molar-refractivity contribution in [1.82, 2.24) is 0 Å². The Labute approximate surface area is 185 Å². The van der Waals surface area contributed by atoms with E-state index in [1.165, 1.54) is 19.2 Å². The predicted octanol–water partition coefficient (Wildman–Crippen LogP) is 3.73. The van der Waals surface area contributed by atoms with Gasteiger partial charge in [0.2, 0.25) is 5.91 Å². The number of nitrogens with zero attached hydrogens (tertiary/aromatic N) is 2. The molecule has 0 spiro atoms. The minimum atomic E-state index is -4.16. The number of hydrogen-bond donors (Lipinski definition) is 1. The maximum Gasteiger partial charge on any atom is 0.264 e. The lowest BCUT2D eigenvalue weighted by molar-refractivity contribution is -0.114. The van der Waals surface area contributed by atoms with Crippen molar-refractivity contribution in [2.24, 2.45) is 0 Å². The van der Waals surface area contributed by atoms with Crippen LogP contribution < -0.4 is 14.4 Å². The molecule has 0 unspecified atom stereocenters. The summed E-state index contributed by atoms with van der Waals surface area (Å²) in [6.07, 6.45) is 0.245. The highest BCUT2D eigenvalue weighted by Crippen LogP contribution is 2.26. The highest BCUT2D eigenvalue weighted by atomic mass is 32.2. The van der Waals surface area contributed by atoms with Gasteiger partial charge in [-0.3, -0.25) is 9.10 Å². The van der Waals surface area contributed by atoms with Gasteiger partial charge >= 0.3 is 0 Å². The second-order valence-corrected chi connectivity index (χ2v) is 8.61. The molecule has 0 aliphatic carbocycles. The van der Waals surface area contributed by atoms with E-state index in [1.54, 1.807) is 36.4 Å². The quantitative estimate of drug-likeness (QED) is 0.560. The second kappa shape index (κ2) is 9.94. The summed E-state index contributed by atoms with van der Waals surface area (Å²) in [7, 11) is -2.68. The topological polar surface area (TPSA) is 99.5 Å². The minimum Gasteiger partial charge on any atom is -0.497 e. The van der Waals surface area contributed by atoms with Gasteiger partial charge in [0, 0.05) is 5.69 Å². The number of carbonyl (C=O) groups is 1. The number of nitrogens with one attached hydrogen (secondary N) is 1. The molecule has 9 heteroatoms. The summed E-state index contributed by atoms with van der Waals surface area (Å²) in [5, 5.41) is 11.4. The lowest BCUT2D eigenvalue weighted by atomic mass is 10.1. The van der Waals surface area contributed by atoms with Crippen LogP contribution in [-0.2, 0) is 21.2 Å². The van der Waals surface area contributed by atoms with Gasteiger partial charge < -0.3 is 10.1 Å². The number of ether oxygens (including phenoxy) is 1. The van der Waals surface area contributed by atoms with E-state index in [1.807, 2.05) is 6.07 Å². The lowest BCUT2D eigenvalue weighted by Crippen LogP contribution is -2.38. The fraction of sp³-hybridized carbons (Fsp3) is 0.130. The standard InChI is InChI=1S/C23H20FN3O4S/c1-31-21-10-8-20(9-11-21)27(32(29,30)22-12-4-18(24)5-13-22)16-23(28)26-19-6-2-17(3-7-19)14-15-25/h2-13H,14,16H2,1H3,(H,26,28). The summed E-state index contributed by atoms with van der Waals surface area (Å²) in [4.78, 5) is 12.6. The fourth-order valence-corrected chi connectivity index (χ4v) is 4.35. The Morgan fingerprint density at radius 3 is 2.22 bits per heavy atom. The predicted molar refractivity (Wildman–Crippen MR) is 118 cm³/mol. The Morgan fingerprint density at radius 2 is 1.66 bits per heavy atom. The van der Waals surface area contributed by atoms with Gasteiger partial charge in [-0.15, -0.1) is 0 Å². The van der Waals surface area contributed by atoms with Crippen molar-refractivity contribution in [2.45, 2.75) is 11.3 Å². The van der Waals surface area contributed by atoms with E-state index in [-0.39, 0.29) is 17.0 Å². The van der Waals surface area contributed by atoms with Crippen LogP contribution in [0.5, 0.6) is 5.75 Å². The van der Waals surface area contributed by atoms with Gasteiger partial charge in [0.1, 0.15) is 18.1 Å². The summed E-state index contributed by atoms with van der Waals surface area (Å²) < 4.78 is 45.9. The number of carbonyl (C=O) groups excluding carboxylic acids is 1. The van der Waals surface area contributed by atoms with Gasteiger partial charge in [0.15, 0.2) is 0 Å². The molecule has 0 aliphatic heterocycles. The van der Waals surface area contributed by atoms with Gasteiger partial charge in [-0.05, 0) is 66.2 Å². The third kappa shape index (κ3) is 5.42. The smallest absolute Gasteiger partial charge is 0.264 e. The van der Waals surface area contributed by atoms with Crippen LogP contribution in [0.1, 0.15) is 5.56 Å². The van der Waals surface area contributed by atoms with Crippen molar-refractivity contribution in [3.63, 3.8) is 0 Å². The van der Waals surface area contributed by atoms with E-state index in [2.05, 4.69) is 5.32 Å². The number of amides is 1. The van der Waals surface area contributed by atoms with Crippen LogP contribution in [0.15, 0.2) is 77.7 Å². The third-order valence-electron chi connectivity index (χ3n) is 4.57. The van der Waals surface area contributed by atoms with Crippen molar-refractivity contribution >= 4 is 27.3 Å². The highest BCUT2D eigenvalue weighted by Gasteiger charge is 2.27. The molecule has 1 N–H and O–H groups in total. The first-order valence-electron chi connectivity index (χ1n) is 9.51. The van der Waals surface area contributed by atoms with E-state index in [4.69, 9.17) is 10.00 Å². The zero-order valence-electron chi connectivity index (χ0n) is 17.2. The molecule has 7 nitrogen and oxygen atoms in total. The van der Waals surface area contributed by atoms with E-state index >= 15 is 0 Å². The average Bonchev–Trinajstić information content (AvgIpc) is 2.79. The molecule has 3 rings (SSSR count). The average molecular weight is 453 g/mol. The van der Waals surface area contributed by atoms with Crippen molar-refractivity contribution in [2.75, 3.05) is 23.3 Å². The molecular weight excluding hydrogens is 433 g/mol. The Hall–Kier alpha value is -3.90. The van der Waals surface area contributed by atoms with Gasteiger partial charge in [0.05, 0.1) is 30.2 Å². The van der Waals surface area contributed by atoms with Crippen LogP contribution in [0.3, 0.4) is 0 Å². The summed E-state index contributed by atoms with van der Waals surface area (Å²) >= 11 is 0. The Kier molecular flexibility index (Phi) is 7.07. The molecule has 3 aromatic carbocycles. The molecule has 1 amide bonds. The molecule has 0 heterocycles. The number of rotatable bonds is 8. The van der Waals surface area contributed by atoms with Crippen molar-refractivity contribution in [3.8, 4) is 11.8 Å². The number of nitriles is 1. The SMILES string of the molecule is COc1ccc(N(CC(=O)Nc2ccc(CC#N)cc2)S(=O)(=O)c2ccc(F)cc2)cc1. The largest absolute Gasteiger partial charge is 0.497 e. The molecular formula is C23H20FN3O4S. The van der Waals surface area contributed by atoms with Crippen molar-refractivity contribution < 1.29 is 22.3 Å². The molecule has 0 saturated carbocycles. The van der Waals surface area contributed by atoms with E-state index in [9.17, 15) is 17.6 Å². The zero-order valence-corrected chi connectivity index (χ0v) is 18.0. The van der Waals surface area contributed by atoms with Crippen LogP contribution in [0.2, 0.25) is 0 Å². The Balaban J connectivity index is 1.88. The minimum absolute atomic E-state index is 0.150. The number of anilines is 2. The van der Waals surface area contributed by atoms with Crippen LogP contribution >= 0.6 is 0 Å². The van der Waals surface area contributed by atoms with Gasteiger partial charge in [-0.25, -0.2) is 12.8 Å². The number of methoxy groups -OCH3 is 1. The van der Waals surface area contributed by atoms with Gasteiger partial charge in [0.25, 0.3) is 10.0 Å². The number of sulfonamides is 1. The van der Waals surface area contributed by atoms with Gasteiger partial charge in [-0.2, -0.15) is 5.26 Å². The first kappa shape index (κ1) is 22.8. The van der Waals surface area contributed by atoms with Crippen LogP contribution in [0.4, 0.5) is 15.8 Å². The van der Waals surface area contributed by atoms with Crippen molar-refractivity contribution in [1.29, 1.82) is 5.26 Å². The van der Waals surface area contributed by atoms with Gasteiger partial charge in [-0.1, -0.05) is 12.1 Å². The normalized spacial score (nSPS) is 10.8. The van der Waals surface area contributed by atoms with Crippen LogP contribution in [0.25, 0.3) is 0 Å². The maximum atomic E-state index is 13.3. The summed E-state index contributed by atoms with van der Waals surface area (Å²) in [6, 6.07) is 19.3. The molecule has 3 aromatic rings. The molecule has 32 heavy (non-hydrogen) atoms. The molecule has 0 fully saturated rings. The summed E-state index contributed by atoms with van der Waals surface area (Å²) in [5.41, 5.74) is 1.50. The fourth-order valence-electron chi connectivity index (χ4n) is 2.93. The highest BCUT2D eigenvalue weighted by molar-refractivity contribution is 7.92. The number of hydrogen-bond acceptors (Lipinski definition) is 5. The maximum absolute atomic E-state index is 13.3. The van der Waals surface area contributed by atoms with Crippen LogP contribution in [-0.4, -0.2) is 28.0 Å². The van der Waals surface area contributed by atoms with E-state index in [0.717, 1.165) is 34.1 Å². The zero-order chi connectivity index (χ0) is 23.1. The molecule has 0 bridgehead atoms. The molecule has 0 aromatic heterocycles. The first-order valence-corrected chi connectivity index (χ1v) is 11.0. The summed E-state index contributed by atoms with van der Waals surface area (Å²) in [6.45, 7) is -0.508. The number of benzene rings is 3. The Bertz CT molecular complexity index is 1220.